The van der Waals surface area contributed by atoms with E-state index in [9.17, 15) is 4.79 Å². The molecule has 0 fully saturated rings. The second-order valence-electron chi connectivity index (χ2n) is 5.22. The average molecular weight is 261 g/mol. The highest BCUT2D eigenvalue weighted by molar-refractivity contribution is 5.72. The molecule has 1 aliphatic heterocycles. The lowest BCUT2D eigenvalue weighted by atomic mass is 10.0. The first-order valence-electron chi connectivity index (χ1n) is 7.16. The van der Waals surface area contributed by atoms with Crippen molar-refractivity contribution in [2.24, 2.45) is 5.92 Å². The van der Waals surface area contributed by atoms with Crippen molar-refractivity contribution in [3.63, 3.8) is 0 Å². The van der Waals surface area contributed by atoms with Crippen molar-refractivity contribution in [2.45, 2.75) is 26.7 Å². The molecule has 0 saturated heterocycles. The topological polar surface area (TPSA) is 29.5 Å². The molecule has 3 nitrogen and oxygen atoms in total. The summed E-state index contributed by atoms with van der Waals surface area (Å²) < 4.78 is 5.07. The van der Waals surface area contributed by atoms with E-state index in [1.165, 1.54) is 11.1 Å². The molecule has 0 radical (unpaired) electrons. The molecule has 0 aliphatic carbocycles. The molecule has 1 atom stereocenters. The van der Waals surface area contributed by atoms with Crippen molar-refractivity contribution in [3.8, 4) is 0 Å². The molecular weight excluding hydrogens is 238 g/mol. The lowest BCUT2D eigenvalue weighted by Gasteiger charge is -2.22. The van der Waals surface area contributed by atoms with E-state index in [1.807, 2.05) is 13.8 Å². The molecule has 0 spiro atoms. The van der Waals surface area contributed by atoms with Gasteiger partial charge in [0.1, 0.15) is 0 Å². The molecule has 0 saturated carbocycles. The van der Waals surface area contributed by atoms with E-state index in [4.69, 9.17) is 4.74 Å². The van der Waals surface area contributed by atoms with Gasteiger partial charge in [-0.25, -0.2) is 0 Å². The van der Waals surface area contributed by atoms with E-state index < -0.39 is 0 Å². The standard InChI is InChI=1S/C16H23NO2/c1-3-19-16(18)13(2)12-17-10-8-14-6-4-5-7-15(14)9-11-17/h4-7,13H,3,8-12H2,1-2H3. The Hall–Kier alpha value is -1.35. The second kappa shape index (κ2) is 6.71. The predicted molar refractivity (Wildman–Crippen MR) is 76.1 cm³/mol. The van der Waals surface area contributed by atoms with Crippen LogP contribution in [-0.4, -0.2) is 37.1 Å². The smallest absolute Gasteiger partial charge is 0.309 e. The minimum Gasteiger partial charge on any atom is -0.466 e. The van der Waals surface area contributed by atoms with Gasteiger partial charge in [-0.3, -0.25) is 4.79 Å². The average Bonchev–Trinajstić information content (AvgIpc) is 2.62. The van der Waals surface area contributed by atoms with Gasteiger partial charge in [-0.15, -0.1) is 0 Å². The van der Waals surface area contributed by atoms with Crippen LogP contribution >= 0.6 is 0 Å². The Morgan fingerprint density at radius 1 is 1.26 bits per heavy atom. The quantitative estimate of drug-likeness (QED) is 0.779. The van der Waals surface area contributed by atoms with Gasteiger partial charge in [0.2, 0.25) is 0 Å². The summed E-state index contributed by atoms with van der Waals surface area (Å²) >= 11 is 0. The van der Waals surface area contributed by atoms with E-state index in [0.717, 1.165) is 32.5 Å². The number of fused-ring (bicyclic) bond motifs is 1. The largest absolute Gasteiger partial charge is 0.466 e. The van der Waals surface area contributed by atoms with Gasteiger partial charge in [0, 0.05) is 19.6 Å². The molecule has 1 heterocycles. The lowest BCUT2D eigenvalue weighted by molar-refractivity contribution is -0.148. The van der Waals surface area contributed by atoms with Gasteiger partial charge >= 0.3 is 5.97 Å². The molecule has 0 bridgehead atoms. The maximum atomic E-state index is 11.7. The number of rotatable bonds is 4. The molecule has 3 heteroatoms. The number of esters is 1. The first-order chi connectivity index (χ1) is 9.20. The summed E-state index contributed by atoms with van der Waals surface area (Å²) in [4.78, 5) is 14.0. The molecular formula is C16H23NO2. The van der Waals surface area contributed by atoms with Gasteiger partial charge in [0.25, 0.3) is 0 Å². The van der Waals surface area contributed by atoms with Crippen molar-refractivity contribution >= 4 is 5.97 Å². The van der Waals surface area contributed by atoms with E-state index >= 15 is 0 Å². The number of nitrogens with zero attached hydrogens (tertiary/aromatic N) is 1. The summed E-state index contributed by atoms with van der Waals surface area (Å²) in [6.07, 6.45) is 2.15. The van der Waals surface area contributed by atoms with Crippen LogP contribution in [0.2, 0.25) is 0 Å². The van der Waals surface area contributed by atoms with Gasteiger partial charge in [0.15, 0.2) is 0 Å². The van der Waals surface area contributed by atoms with E-state index in [-0.39, 0.29) is 11.9 Å². The van der Waals surface area contributed by atoms with Crippen LogP contribution in [0.15, 0.2) is 24.3 Å². The maximum Gasteiger partial charge on any atom is 0.309 e. The summed E-state index contributed by atoms with van der Waals surface area (Å²) in [6.45, 7) is 7.13. The first kappa shape index (κ1) is 14.1. The van der Waals surface area contributed by atoms with Gasteiger partial charge in [-0.1, -0.05) is 31.2 Å². The number of hydrogen-bond donors (Lipinski definition) is 0. The van der Waals surface area contributed by atoms with E-state index in [2.05, 4.69) is 29.2 Å². The lowest BCUT2D eigenvalue weighted by Crippen LogP contribution is -2.34. The molecule has 0 amide bonds. The molecule has 0 aromatic heterocycles. The zero-order chi connectivity index (χ0) is 13.7. The van der Waals surface area contributed by atoms with Crippen molar-refractivity contribution < 1.29 is 9.53 Å². The van der Waals surface area contributed by atoms with Gasteiger partial charge in [-0.2, -0.15) is 0 Å². The number of carbonyl (C=O) groups is 1. The first-order valence-corrected chi connectivity index (χ1v) is 7.16. The number of benzene rings is 1. The van der Waals surface area contributed by atoms with Gasteiger partial charge in [0.05, 0.1) is 12.5 Å². The summed E-state index contributed by atoms with van der Waals surface area (Å²) in [7, 11) is 0. The zero-order valence-corrected chi connectivity index (χ0v) is 11.9. The number of hydrogen-bond acceptors (Lipinski definition) is 3. The molecule has 1 aromatic carbocycles. The summed E-state index contributed by atoms with van der Waals surface area (Å²) in [5, 5.41) is 0. The predicted octanol–water partition coefficient (Wildman–Crippen LogP) is 2.29. The molecule has 0 N–H and O–H groups in total. The van der Waals surface area contributed by atoms with Crippen molar-refractivity contribution in [2.75, 3.05) is 26.2 Å². The third-order valence-corrected chi connectivity index (χ3v) is 3.73. The molecule has 1 unspecified atom stereocenters. The van der Waals surface area contributed by atoms with Crippen LogP contribution in [0.1, 0.15) is 25.0 Å². The van der Waals surface area contributed by atoms with E-state index in [0.29, 0.717) is 6.61 Å². The van der Waals surface area contributed by atoms with Gasteiger partial charge < -0.3 is 9.64 Å². The molecule has 104 valence electrons. The van der Waals surface area contributed by atoms with Crippen molar-refractivity contribution in [1.82, 2.24) is 4.90 Å². The Morgan fingerprint density at radius 3 is 2.37 bits per heavy atom. The maximum absolute atomic E-state index is 11.7. The summed E-state index contributed by atoms with van der Waals surface area (Å²) in [5.41, 5.74) is 2.91. The summed E-state index contributed by atoms with van der Waals surface area (Å²) in [5.74, 6) is -0.120. The normalized spacial score (nSPS) is 17.4. The van der Waals surface area contributed by atoms with Crippen LogP contribution in [-0.2, 0) is 22.4 Å². The van der Waals surface area contributed by atoms with Crippen molar-refractivity contribution in [3.05, 3.63) is 35.4 Å². The van der Waals surface area contributed by atoms with Gasteiger partial charge in [-0.05, 0) is 30.9 Å². The van der Waals surface area contributed by atoms with Crippen LogP contribution in [0.25, 0.3) is 0 Å². The minimum atomic E-state index is -0.0794. The Bertz CT molecular complexity index is 404. The third kappa shape index (κ3) is 3.80. The van der Waals surface area contributed by atoms with E-state index in [1.54, 1.807) is 0 Å². The fraction of sp³-hybridized carbons (Fsp3) is 0.562. The Labute approximate surface area is 115 Å². The molecule has 1 aliphatic rings. The van der Waals surface area contributed by atoms with Crippen LogP contribution in [0, 0.1) is 5.92 Å². The molecule has 2 rings (SSSR count). The summed E-state index contributed by atoms with van der Waals surface area (Å²) in [6, 6.07) is 8.65. The molecule has 1 aromatic rings. The molecule has 19 heavy (non-hydrogen) atoms. The third-order valence-electron chi connectivity index (χ3n) is 3.73. The van der Waals surface area contributed by atoms with Crippen LogP contribution in [0.3, 0.4) is 0 Å². The zero-order valence-electron chi connectivity index (χ0n) is 11.9. The van der Waals surface area contributed by atoms with Crippen LogP contribution in [0.4, 0.5) is 0 Å². The highest BCUT2D eigenvalue weighted by Gasteiger charge is 2.20. The minimum absolute atomic E-state index is 0.0406. The number of ether oxygens (including phenoxy) is 1. The number of carbonyl (C=O) groups excluding carboxylic acids is 1. The Morgan fingerprint density at radius 2 is 1.84 bits per heavy atom. The second-order valence-corrected chi connectivity index (χ2v) is 5.22. The van der Waals surface area contributed by atoms with Crippen molar-refractivity contribution in [1.29, 1.82) is 0 Å². The fourth-order valence-corrected chi connectivity index (χ4v) is 2.64. The Kier molecular flexibility index (Phi) is 4.97. The monoisotopic (exact) mass is 261 g/mol. The van der Waals surface area contributed by atoms with Crippen LogP contribution < -0.4 is 0 Å². The van der Waals surface area contributed by atoms with Crippen LogP contribution in [0.5, 0.6) is 0 Å². The fourth-order valence-electron chi connectivity index (χ4n) is 2.64. The Balaban J connectivity index is 1.90. The SMILES string of the molecule is CCOC(=O)C(C)CN1CCc2ccccc2CC1. The highest BCUT2D eigenvalue weighted by Crippen LogP contribution is 2.16. The highest BCUT2D eigenvalue weighted by atomic mass is 16.5.